The summed E-state index contributed by atoms with van der Waals surface area (Å²) >= 11 is 0. The molecule has 0 radical (unpaired) electrons. The van der Waals surface area contributed by atoms with Crippen LogP contribution in [0.2, 0.25) is 0 Å². The molecule has 0 spiro atoms. The molecule has 0 unspecified atom stereocenters. The van der Waals surface area contributed by atoms with Gasteiger partial charge < -0.3 is 10.3 Å². The molecule has 1 atom stereocenters. The average Bonchev–Trinajstić information content (AvgIpc) is 3.10. The Morgan fingerprint density at radius 2 is 1.88 bits per heavy atom. The SMILES string of the molecule is Cc1ccc(C(=O)NC[C@@H](c2ccccc2)N2CCCC2)c(=O)[nH]1. The van der Waals surface area contributed by atoms with E-state index in [2.05, 4.69) is 27.3 Å². The summed E-state index contributed by atoms with van der Waals surface area (Å²) in [7, 11) is 0. The zero-order valence-electron chi connectivity index (χ0n) is 13.9. The van der Waals surface area contributed by atoms with Crippen LogP contribution in [0.1, 0.15) is 40.5 Å². The van der Waals surface area contributed by atoms with E-state index in [1.807, 2.05) is 18.2 Å². The summed E-state index contributed by atoms with van der Waals surface area (Å²) in [6.07, 6.45) is 2.38. The number of pyridine rings is 1. The fourth-order valence-electron chi connectivity index (χ4n) is 3.22. The predicted molar refractivity (Wildman–Crippen MR) is 94.1 cm³/mol. The number of likely N-dealkylation sites (tertiary alicyclic amines) is 1. The van der Waals surface area contributed by atoms with Crippen molar-refractivity contribution in [2.45, 2.75) is 25.8 Å². The number of aromatic amines is 1. The van der Waals surface area contributed by atoms with Gasteiger partial charge in [-0.25, -0.2) is 0 Å². The normalized spacial score (nSPS) is 16.0. The first kappa shape index (κ1) is 16.5. The minimum absolute atomic E-state index is 0.141. The Balaban J connectivity index is 1.73. The van der Waals surface area contributed by atoms with Crippen molar-refractivity contribution in [1.82, 2.24) is 15.2 Å². The first-order valence-corrected chi connectivity index (χ1v) is 8.42. The third kappa shape index (κ3) is 3.74. The van der Waals surface area contributed by atoms with Gasteiger partial charge in [-0.15, -0.1) is 0 Å². The number of amides is 1. The van der Waals surface area contributed by atoms with Crippen molar-refractivity contribution in [2.75, 3.05) is 19.6 Å². The number of nitrogens with zero attached hydrogens (tertiary/aromatic N) is 1. The molecule has 1 aromatic carbocycles. The molecule has 1 saturated heterocycles. The summed E-state index contributed by atoms with van der Waals surface area (Å²) in [6.45, 7) is 4.37. The van der Waals surface area contributed by atoms with E-state index in [0.29, 0.717) is 6.54 Å². The van der Waals surface area contributed by atoms with E-state index in [-0.39, 0.29) is 23.1 Å². The molecule has 1 amide bonds. The quantitative estimate of drug-likeness (QED) is 0.886. The average molecular weight is 325 g/mol. The summed E-state index contributed by atoms with van der Waals surface area (Å²) < 4.78 is 0. The Hall–Kier alpha value is -2.40. The van der Waals surface area contributed by atoms with Crippen molar-refractivity contribution in [3.05, 3.63) is 69.6 Å². The lowest BCUT2D eigenvalue weighted by molar-refractivity contribution is 0.0936. The van der Waals surface area contributed by atoms with Gasteiger partial charge in [0.1, 0.15) is 5.56 Å². The van der Waals surface area contributed by atoms with E-state index < -0.39 is 0 Å². The van der Waals surface area contributed by atoms with Crippen molar-refractivity contribution >= 4 is 5.91 Å². The Labute approximate surface area is 141 Å². The smallest absolute Gasteiger partial charge is 0.260 e. The maximum absolute atomic E-state index is 12.4. The molecule has 3 rings (SSSR count). The number of hydrogen-bond donors (Lipinski definition) is 2. The third-order valence-corrected chi connectivity index (χ3v) is 4.52. The Morgan fingerprint density at radius 3 is 2.54 bits per heavy atom. The van der Waals surface area contributed by atoms with Crippen molar-refractivity contribution in [3.8, 4) is 0 Å². The number of nitrogens with one attached hydrogen (secondary N) is 2. The number of hydrogen-bond acceptors (Lipinski definition) is 3. The van der Waals surface area contributed by atoms with Crippen LogP contribution in [0.15, 0.2) is 47.3 Å². The fraction of sp³-hybridized carbons (Fsp3) is 0.368. The molecule has 1 fully saturated rings. The van der Waals surface area contributed by atoms with Gasteiger partial charge >= 0.3 is 0 Å². The predicted octanol–water partition coefficient (Wildman–Crippen LogP) is 2.25. The maximum Gasteiger partial charge on any atom is 0.260 e. The minimum Gasteiger partial charge on any atom is -0.350 e. The molecule has 0 saturated carbocycles. The molecule has 5 heteroatoms. The molecule has 0 aliphatic carbocycles. The molecule has 126 valence electrons. The highest BCUT2D eigenvalue weighted by atomic mass is 16.2. The van der Waals surface area contributed by atoms with Crippen LogP contribution in [0.3, 0.4) is 0 Å². The second-order valence-electron chi connectivity index (χ2n) is 6.26. The van der Waals surface area contributed by atoms with Gasteiger partial charge in [-0.3, -0.25) is 14.5 Å². The molecule has 1 aromatic heterocycles. The Morgan fingerprint density at radius 1 is 1.17 bits per heavy atom. The fourth-order valence-corrected chi connectivity index (χ4v) is 3.22. The van der Waals surface area contributed by atoms with E-state index in [0.717, 1.165) is 18.8 Å². The number of carbonyl (C=O) groups is 1. The van der Waals surface area contributed by atoms with Gasteiger partial charge in [0, 0.05) is 12.2 Å². The summed E-state index contributed by atoms with van der Waals surface area (Å²) in [6, 6.07) is 13.7. The summed E-state index contributed by atoms with van der Waals surface area (Å²) in [5, 5.41) is 2.93. The van der Waals surface area contributed by atoms with Crippen LogP contribution >= 0.6 is 0 Å². The van der Waals surface area contributed by atoms with Crippen molar-refractivity contribution in [1.29, 1.82) is 0 Å². The van der Waals surface area contributed by atoms with Gasteiger partial charge in [-0.2, -0.15) is 0 Å². The highest BCUT2D eigenvalue weighted by Crippen LogP contribution is 2.24. The number of aryl methyl sites for hydroxylation is 1. The van der Waals surface area contributed by atoms with E-state index in [9.17, 15) is 9.59 Å². The number of H-pyrrole nitrogens is 1. The van der Waals surface area contributed by atoms with Gasteiger partial charge in [-0.05, 0) is 50.6 Å². The summed E-state index contributed by atoms with van der Waals surface area (Å²) in [4.78, 5) is 29.4. The van der Waals surface area contributed by atoms with Gasteiger partial charge in [-0.1, -0.05) is 30.3 Å². The second kappa shape index (κ2) is 7.45. The highest BCUT2D eigenvalue weighted by Gasteiger charge is 2.24. The van der Waals surface area contributed by atoms with Crippen LogP contribution in [-0.2, 0) is 0 Å². The number of carbonyl (C=O) groups excluding carboxylic acids is 1. The second-order valence-corrected chi connectivity index (χ2v) is 6.26. The van der Waals surface area contributed by atoms with Gasteiger partial charge in [0.15, 0.2) is 0 Å². The van der Waals surface area contributed by atoms with Crippen LogP contribution in [0.25, 0.3) is 0 Å². The molecule has 2 aromatic rings. The summed E-state index contributed by atoms with van der Waals surface area (Å²) in [5.41, 5.74) is 1.76. The lowest BCUT2D eigenvalue weighted by Crippen LogP contribution is -2.38. The van der Waals surface area contributed by atoms with Crippen molar-refractivity contribution < 1.29 is 4.79 Å². The Bertz CT molecular complexity index is 749. The lowest BCUT2D eigenvalue weighted by atomic mass is 10.1. The topological polar surface area (TPSA) is 65.2 Å². The summed E-state index contributed by atoms with van der Waals surface area (Å²) in [5.74, 6) is -0.323. The van der Waals surface area contributed by atoms with E-state index in [1.165, 1.54) is 18.4 Å². The van der Waals surface area contributed by atoms with Gasteiger partial charge in [0.05, 0.1) is 6.04 Å². The standard InChI is InChI=1S/C19H23N3O2/c1-14-9-10-16(19(24)21-14)18(23)20-13-17(22-11-5-6-12-22)15-7-3-2-4-8-15/h2-4,7-10,17H,5-6,11-13H2,1H3,(H,20,23)(H,21,24)/t17-/m0/s1. The van der Waals surface area contributed by atoms with Crippen LogP contribution in [0.5, 0.6) is 0 Å². The van der Waals surface area contributed by atoms with Gasteiger partial charge in [0.25, 0.3) is 11.5 Å². The van der Waals surface area contributed by atoms with Crippen LogP contribution in [0, 0.1) is 6.92 Å². The lowest BCUT2D eigenvalue weighted by Gasteiger charge is -2.28. The molecule has 1 aliphatic heterocycles. The minimum atomic E-state index is -0.343. The monoisotopic (exact) mass is 325 g/mol. The molecule has 24 heavy (non-hydrogen) atoms. The zero-order valence-corrected chi connectivity index (χ0v) is 13.9. The van der Waals surface area contributed by atoms with E-state index in [1.54, 1.807) is 19.1 Å². The molecule has 2 N–H and O–H groups in total. The molecule has 5 nitrogen and oxygen atoms in total. The Kier molecular flexibility index (Phi) is 5.11. The van der Waals surface area contributed by atoms with Crippen molar-refractivity contribution in [3.63, 3.8) is 0 Å². The molecular weight excluding hydrogens is 302 g/mol. The number of rotatable bonds is 5. The van der Waals surface area contributed by atoms with E-state index >= 15 is 0 Å². The first-order chi connectivity index (χ1) is 11.6. The molecule has 1 aliphatic rings. The first-order valence-electron chi connectivity index (χ1n) is 8.42. The number of benzene rings is 1. The van der Waals surface area contributed by atoms with E-state index in [4.69, 9.17) is 0 Å². The zero-order chi connectivity index (χ0) is 16.9. The van der Waals surface area contributed by atoms with Crippen molar-refractivity contribution in [2.24, 2.45) is 0 Å². The van der Waals surface area contributed by atoms with Gasteiger partial charge in [0.2, 0.25) is 0 Å². The largest absolute Gasteiger partial charge is 0.350 e. The molecular formula is C19H23N3O2. The number of aromatic nitrogens is 1. The third-order valence-electron chi connectivity index (χ3n) is 4.52. The molecule has 2 heterocycles. The maximum atomic E-state index is 12.4. The van der Waals surface area contributed by atoms with Crippen LogP contribution in [-0.4, -0.2) is 35.4 Å². The highest BCUT2D eigenvalue weighted by molar-refractivity contribution is 5.93. The van der Waals surface area contributed by atoms with Crippen LogP contribution < -0.4 is 10.9 Å². The van der Waals surface area contributed by atoms with Crippen LogP contribution in [0.4, 0.5) is 0 Å². The molecule has 0 bridgehead atoms.